The van der Waals surface area contributed by atoms with E-state index in [9.17, 15) is 28.8 Å². The zero-order valence-electron chi connectivity index (χ0n) is 43.4. The van der Waals surface area contributed by atoms with Crippen molar-refractivity contribution >= 4 is 36.2 Å². The van der Waals surface area contributed by atoms with Crippen LogP contribution in [-0.2, 0) is 48.4 Å². The predicted molar refractivity (Wildman–Crippen MR) is 284 cm³/mol. The second-order valence-corrected chi connectivity index (χ2v) is 19.0. The van der Waals surface area contributed by atoms with Gasteiger partial charge in [-0.1, -0.05) is 172 Å². The molecule has 0 spiro atoms. The van der Waals surface area contributed by atoms with Crippen molar-refractivity contribution in [3.8, 4) is 0 Å². The Kier molecular flexibility index (Phi) is 24.8. The highest BCUT2D eigenvalue weighted by atomic mass is 16.6. The second-order valence-electron chi connectivity index (χ2n) is 19.0. The van der Waals surface area contributed by atoms with Gasteiger partial charge in [-0.15, -0.1) is 0 Å². The van der Waals surface area contributed by atoms with Crippen LogP contribution in [0.1, 0.15) is 74.5 Å². The Balaban J connectivity index is 0.000000210. The normalized spacial score (nSPS) is 20.1. The highest BCUT2D eigenvalue weighted by Gasteiger charge is 2.39. The van der Waals surface area contributed by atoms with Crippen LogP contribution in [0.25, 0.3) is 0 Å². The van der Waals surface area contributed by atoms with Gasteiger partial charge in [0.05, 0.1) is 17.8 Å². The highest BCUT2D eigenvalue weighted by molar-refractivity contribution is 5.76. The first-order valence-electron chi connectivity index (χ1n) is 25.0. The van der Waals surface area contributed by atoms with Crippen molar-refractivity contribution in [3.63, 3.8) is 0 Å². The van der Waals surface area contributed by atoms with E-state index in [0.29, 0.717) is 19.6 Å². The van der Waals surface area contributed by atoms with Crippen molar-refractivity contribution in [1.29, 1.82) is 0 Å². The molecule has 0 radical (unpaired) electrons. The van der Waals surface area contributed by atoms with E-state index in [1.807, 2.05) is 186 Å². The third kappa shape index (κ3) is 20.6. The Morgan fingerprint density at radius 2 is 0.627 bits per heavy atom. The fourth-order valence-corrected chi connectivity index (χ4v) is 8.26. The third-order valence-corrected chi connectivity index (χ3v) is 12.8. The van der Waals surface area contributed by atoms with E-state index >= 15 is 0 Å². The van der Waals surface area contributed by atoms with E-state index in [4.69, 9.17) is 41.0 Å². The monoisotopic (exact) mass is 1030 g/mol. The molecule has 0 bridgehead atoms. The van der Waals surface area contributed by atoms with Gasteiger partial charge in [-0.2, -0.15) is 0 Å². The summed E-state index contributed by atoms with van der Waals surface area (Å²) in [6, 6.07) is 48.6. The summed E-state index contributed by atoms with van der Waals surface area (Å²) in [4.78, 5) is 72.9. The van der Waals surface area contributed by atoms with Gasteiger partial charge in [0.25, 0.3) is 0 Å². The number of carbonyl (C=O) groups excluding carboxylic acids is 3. The fraction of sp³-hybridized carbons (Fsp3) is 0.379. The van der Waals surface area contributed by atoms with Crippen LogP contribution in [0.3, 0.4) is 0 Å². The standard InChI is InChI=1S/3C14H17NO4.2C8H11N/c3*1-10-7-15(8-12(10)13(16)17)14(18)19-9-11-5-3-2-4-6-11;2*1-7(9)8-5-3-2-4-6-8/h3*2-6,10,12H,7-9H2,1H3,(H,16,17);2*2-7H,9H2,1H3/t3*10-,12+;2*7-/m11011/s1. The Morgan fingerprint density at radius 1 is 0.413 bits per heavy atom. The van der Waals surface area contributed by atoms with E-state index in [-0.39, 0.29) is 69.3 Å². The fourth-order valence-electron chi connectivity index (χ4n) is 8.26. The molecular formula is C58H73N5O12. The lowest BCUT2D eigenvalue weighted by Crippen LogP contribution is -2.30. The molecule has 0 aliphatic carbocycles. The molecule has 3 saturated heterocycles. The highest BCUT2D eigenvalue weighted by Crippen LogP contribution is 2.26. The summed E-state index contributed by atoms with van der Waals surface area (Å²) in [7, 11) is 0. The summed E-state index contributed by atoms with van der Waals surface area (Å²) in [5.41, 5.74) is 16.4. The number of nitrogens with zero attached hydrogens (tertiary/aromatic N) is 3. The second kappa shape index (κ2) is 31.1. The van der Waals surface area contributed by atoms with Crippen LogP contribution in [-0.4, -0.2) is 105 Å². The number of carboxylic acid groups (broad SMARTS) is 3. The van der Waals surface area contributed by atoms with Gasteiger partial charge in [-0.05, 0) is 59.4 Å². The summed E-state index contributed by atoms with van der Waals surface area (Å²) < 4.78 is 15.5. The average Bonchev–Trinajstić information content (AvgIpc) is 4.15. The van der Waals surface area contributed by atoms with Crippen LogP contribution >= 0.6 is 0 Å². The van der Waals surface area contributed by atoms with Crippen LogP contribution in [0.4, 0.5) is 14.4 Å². The minimum atomic E-state index is -0.856. The van der Waals surface area contributed by atoms with E-state index in [0.717, 1.165) is 16.7 Å². The molecule has 75 heavy (non-hydrogen) atoms. The van der Waals surface area contributed by atoms with Crippen molar-refractivity contribution < 1.29 is 58.3 Å². The molecule has 402 valence electrons. The summed E-state index contributed by atoms with van der Waals surface area (Å²) in [5.74, 6) is -4.18. The number of hydrogen-bond acceptors (Lipinski definition) is 11. The van der Waals surface area contributed by atoms with Crippen LogP contribution in [0.5, 0.6) is 0 Å². The maximum absolute atomic E-state index is 11.8. The maximum atomic E-state index is 11.8. The van der Waals surface area contributed by atoms with Crippen molar-refractivity contribution in [1.82, 2.24) is 14.7 Å². The van der Waals surface area contributed by atoms with Gasteiger partial charge in [0.2, 0.25) is 0 Å². The number of carboxylic acids is 3. The first-order chi connectivity index (χ1) is 35.8. The molecule has 0 unspecified atom stereocenters. The van der Waals surface area contributed by atoms with Gasteiger partial charge >= 0.3 is 36.2 Å². The molecule has 3 aliphatic heterocycles. The van der Waals surface area contributed by atoms with Gasteiger partial charge < -0.3 is 55.7 Å². The van der Waals surface area contributed by atoms with Crippen molar-refractivity contribution in [2.75, 3.05) is 39.3 Å². The zero-order valence-corrected chi connectivity index (χ0v) is 43.4. The smallest absolute Gasteiger partial charge is 0.410 e. The van der Waals surface area contributed by atoms with Crippen molar-refractivity contribution in [2.45, 2.75) is 66.5 Å². The number of ether oxygens (including phenoxy) is 3. The molecule has 3 heterocycles. The molecule has 7 N–H and O–H groups in total. The van der Waals surface area contributed by atoms with E-state index in [1.165, 1.54) is 25.8 Å². The SMILES string of the molecule is C[C@@H](N)c1ccccc1.C[C@@H](N)c1ccccc1.C[C@@H]1CN(C(=O)OCc2ccccc2)C[C@@H]1C(=O)O.C[C@@H]1CN(C(=O)OCc2ccccc2)C[C@@H]1C(=O)O.C[C@H]1CN(C(=O)OCc2ccccc2)C[C@H]1C(=O)O. The van der Waals surface area contributed by atoms with E-state index in [1.54, 1.807) is 0 Å². The van der Waals surface area contributed by atoms with Crippen molar-refractivity contribution in [2.24, 2.45) is 47.0 Å². The lowest BCUT2D eigenvalue weighted by Gasteiger charge is -2.15. The molecule has 17 heteroatoms. The topological polar surface area (TPSA) is 253 Å². The summed E-state index contributed by atoms with van der Waals surface area (Å²) in [6.45, 7) is 12.1. The maximum Gasteiger partial charge on any atom is 0.410 e. The molecule has 5 aromatic rings. The number of rotatable bonds is 11. The van der Waals surface area contributed by atoms with Gasteiger partial charge in [-0.3, -0.25) is 14.4 Å². The minimum absolute atomic E-state index is 0.0400. The Bertz CT molecular complexity index is 2250. The molecule has 17 nitrogen and oxygen atoms in total. The number of amides is 3. The summed E-state index contributed by atoms with van der Waals surface area (Å²) >= 11 is 0. The average molecular weight is 1030 g/mol. The molecule has 8 atom stereocenters. The molecule has 3 aliphatic rings. The largest absolute Gasteiger partial charge is 0.481 e. The summed E-state index contributed by atoms with van der Waals surface area (Å²) in [6.07, 6.45) is -1.33. The van der Waals surface area contributed by atoms with E-state index < -0.39 is 53.9 Å². The number of aliphatic carboxylic acids is 3. The first-order valence-corrected chi connectivity index (χ1v) is 25.0. The Labute approximate surface area is 440 Å². The number of hydrogen-bond donors (Lipinski definition) is 5. The molecular weight excluding hydrogens is 959 g/mol. The van der Waals surface area contributed by atoms with Gasteiger partial charge in [0.1, 0.15) is 19.8 Å². The lowest BCUT2D eigenvalue weighted by molar-refractivity contribution is -0.143. The van der Waals surface area contributed by atoms with Crippen LogP contribution in [0.15, 0.2) is 152 Å². The molecule has 8 rings (SSSR count). The summed E-state index contributed by atoms with van der Waals surface area (Å²) in [5, 5.41) is 27.0. The molecule has 0 saturated carbocycles. The molecule has 3 amide bonds. The first kappa shape index (κ1) is 59.8. The zero-order chi connectivity index (χ0) is 54.9. The number of benzene rings is 5. The molecule has 5 aromatic carbocycles. The van der Waals surface area contributed by atoms with Crippen molar-refractivity contribution in [3.05, 3.63) is 179 Å². The van der Waals surface area contributed by atoms with Crippen LogP contribution in [0, 0.1) is 35.5 Å². The quantitative estimate of drug-likeness (QED) is 0.0773. The minimum Gasteiger partial charge on any atom is -0.481 e. The van der Waals surface area contributed by atoms with E-state index in [2.05, 4.69) is 0 Å². The number of carbonyl (C=O) groups is 6. The number of nitrogens with two attached hydrogens (primary N) is 2. The van der Waals surface area contributed by atoms with Gasteiger partial charge in [0, 0.05) is 51.4 Å². The molecule has 3 fully saturated rings. The molecule has 0 aromatic heterocycles. The third-order valence-electron chi connectivity index (χ3n) is 12.8. The van der Waals surface area contributed by atoms with Crippen LogP contribution < -0.4 is 11.5 Å². The number of likely N-dealkylation sites (tertiary alicyclic amines) is 3. The Morgan fingerprint density at radius 3 is 0.800 bits per heavy atom. The van der Waals surface area contributed by atoms with Crippen LogP contribution in [0.2, 0.25) is 0 Å². The lowest BCUT2D eigenvalue weighted by atomic mass is 9.99. The Hall–Kier alpha value is -7.76. The van der Waals surface area contributed by atoms with Gasteiger partial charge in [-0.25, -0.2) is 14.4 Å². The predicted octanol–water partition coefficient (Wildman–Crippen LogP) is 9.34. The van der Waals surface area contributed by atoms with Gasteiger partial charge in [0.15, 0.2) is 0 Å².